The molecule has 0 aliphatic carbocycles. The number of hydrogen-bond acceptors (Lipinski definition) is 11. The van der Waals surface area contributed by atoms with Crippen LogP contribution in [0.5, 0.6) is 0 Å². The minimum Gasteiger partial charge on any atom is -0.748 e. The fourth-order valence-corrected chi connectivity index (χ4v) is 5.23. The van der Waals surface area contributed by atoms with Crippen LogP contribution >= 0.6 is 0 Å². The zero-order valence-electron chi connectivity index (χ0n) is 24.5. The predicted molar refractivity (Wildman–Crippen MR) is 144 cm³/mol. The molecule has 4 N–H and O–H groups in total. The van der Waals surface area contributed by atoms with Crippen molar-refractivity contribution in [2.75, 3.05) is 19.0 Å². The van der Waals surface area contributed by atoms with Gasteiger partial charge in [0.05, 0.1) is 22.5 Å². The van der Waals surface area contributed by atoms with Gasteiger partial charge in [0.15, 0.2) is 6.29 Å². The number of unbranched alkanes of at least 4 members (excludes halogenated alkanes) is 14. The normalized spacial score (nSPS) is 23.9. The molecule has 0 amide bonds. The molecule has 6 atom stereocenters. The summed E-state index contributed by atoms with van der Waals surface area (Å²) >= 11 is 0. The summed E-state index contributed by atoms with van der Waals surface area (Å²) in [6.45, 7) is 1.42. The van der Waals surface area contributed by atoms with Crippen molar-refractivity contribution in [2.24, 2.45) is 0 Å². The Bertz CT molecular complexity index is 740. The van der Waals surface area contributed by atoms with Gasteiger partial charge in [-0.15, -0.1) is 0 Å². The summed E-state index contributed by atoms with van der Waals surface area (Å²) in [6, 6.07) is 0. The molecule has 0 radical (unpaired) electrons. The number of aliphatic hydroxyl groups is 4. The van der Waals surface area contributed by atoms with Crippen LogP contribution in [0.1, 0.15) is 110 Å². The van der Waals surface area contributed by atoms with Crippen molar-refractivity contribution >= 4 is 16.1 Å². The molecule has 1 rings (SSSR count). The Morgan fingerprint density at radius 3 is 1.75 bits per heavy atom. The molecule has 40 heavy (non-hydrogen) atoms. The topological polar surface area (TPSA) is 183 Å². The minimum atomic E-state index is -4.78. The second-order valence-corrected chi connectivity index (χ2v) is 12.1. The van der Waals surface area contributed by atoms with Crippen LogP contribution in [0, 0.1) is 0 Å². The summed E-state index contributed by atoms with van der Waals surface area (Å²) in [4.78, 5) is 11.9. The third-order valence-electron chi connectivity index (χ3n) is 6.91. The van der Waals surface area contributed by atoms with E-state index in [1.165, 1.54) is 70.6 Å². The maximum Gasteiger partial charge on any atom is 1.00 e. The Balaban J connectivity index is 0.0000152. The van der Waals surface area contributed by atoms with Crippen molar-refractivity contribution in [3.63, 3.8) is 0 Å². The average Bonchev–Trinajstić information content (AvgIpc) is 2.88. The molecule has 1 aliphatic heterocycles. The van der Waals surface area contributed by atoms with E-state index in [2.05, 4.69) is 6.92 Å². The SMILES string of the molecule is CCCCCCCCCCCCCCCCCC(=O)OC[C@@H](O)CO[C@@H]1O[C@H](CS(=O)(=O)[O-])[C@@H](O)[C@H](O)[C@H]1O.[Na+]. The molecule has 232 valence electrons. The van der Waals surface area contributed by atoms with E-state index in [0.717, 1.165) is 19.3 Å². The van der Waals surface area contributed by atoms with Gasteiger partial charge in [0.2, 0.25) is 0 Å². The van der Waals surface area contributed by atoms with E-state index in [-0.39, 0.29) is 42.6 Å². The first-order chi connectivity index (χ1) is 18.5. The van der Waals surface area contributed by atoms with Crippen LogP contribution in [0.2, 0.25) is 0 Å². The average molecular weight is 607 g/mol. The molecule has 1 heterocycles. The maximum atomic E-state index is 11.9. The van der Waals surface area contributed by atoms with E-state index in [1.807, 2.05) is 0 Å². The Labute approximate surface area is 262 Å². The number of carbonyl (C=O) groups excluding carboxylic acids is 1. The van der Waals surface area contributed by atoms with Crippen LogP contribution in [0.25, 0.3) is 0 Å². The number of ether oxygens (including phenoxy) is 3. The van der Waals surface area contributed by atoms with E-state index in [9.17, 15) is 38.2 Å². The van der Waals surface area contributed by atoms with Gasteiger partial charge in [-0.3, -0.25) is 4.79 Å². The van der Waals surface area contributed by atoms with Crippen LogP contribution in [-0.4, -0.2) is 95.1 Å². The van der Waals surface area contributed by atoms with Gasteiger partial charge in [-0.05, 0) is 6.42 Å². The Hall–Kier alpha value is 0.140. The fraction of sp³-hybridized carbons (Fsp3) is 0.963. The summed E-state index contributed by atoms with van der Waals surface area (Å²) < 4.78 is 48.2. The van der Waals surface area contributed by atoms with Gasteiger partial charge >= 0.3 is 35.5 Å². The van der Waals surface area contributed by atoms with E-state index < -0.39 is 65.3 Å². The molecule has 1 saturated heterocycles. The largest absolute Gasteiger partial charge is 1.00 e. The molecule has 0 unspecified atom stereocenters. The first kappa shape index (κ1) is 40.1. The quantitative estimate of drug-likeness (QED) is 0.0510. The van der Waals surface area contributed by atoms with E-state index in [0.29, 0.717) is 6.42 Å². The summed E-state index contributed by atoms with van der Waals surface area (Å²) in [5, 5.41) is 39.6. The zero-order chi connectivity index (χ0) is 29.1. The van der Waals surface area contributed by atoms with Gasteiger partial charge in [-0.1, -0.05) is 96.8 Å². The number of aliphatic hydroxyl groups excluding tert-OH is 4. The van der Waals surface area contributed by atoms with Gasteiger partial charge in [0, 0.05) is 6.42 Å². The van der Waals surface area contributed by atoms with Gasteiger partial charge in [0.25, 0.3) is 0 Å². The fourth-order valence-electron chi connectivity index (χ4n) is 4.55. The third kappa shape index (κ3) is 19.4. The maximum absolute atomic E-state index is 11.9. The smallest absolute Gasteiger partial charge is 0.748 e. The monoisotopic (exact) mass is 606 g/mol. The summed E-state index contributed by atoms with van der Waals surface area (Å²) in [7, 11) is -4.78. The summed E-state index contributed by atoms with van der Waals surface area (Å²) in [5.74, 6) is -1.57. The number of carbonyl (C=O) groups is 1. The molecule has 0 saturated carbocycles. The Kier molecular flexibility index (Phi) is 23.7. The molecule has 0 aromatic rings. The van der Waals surface area contributed by atoms with Crippen molar-refractivity contribution in [1.29, 1.82) is 0 Å². The van der Waals surface area contributed by atoms with Gasteiger partial charge in [0.1, 0.15) is 37.1 Å². The molecular weight excluding hydrogens is 555 g/mol. The number of rotatable bonds is 23. The second-order valence-electron chi connectivity index (χ2n) is 10.6. The van der Waals surface area contributed by atoms with Crippen molar-refractivity contribution in [1.82, 2.24) is 0 Å². The van der Waals surface area contributed by atoms with Gasteiger partial charge in [-0.25, -0.2) is 8.42 Å². The molecule has 11 nitrogen and oxygen atoms in total. The first-order valence-electron chi connectivity index (χ1n) is 14.6. The van der Waals surface area contributed by atoms with E-state index in [1.54, 1.807) is 0 Å². The van der Waals surface area contributed by atoms with E-state index in [4.69, 9.17) is 14.2 Å². The van der Waals surface area contributed by atoms with Crippen LogP contribution in [0.4, 0.5) is 0 Å². The molecule has 13 heteroatoms. The molecule has 0 spiro atoms. The summed E-state index contributed by atoms with van der Waals surface area (Å²) in [5.41, 5.74) is 0. The summed E-state index contributed by atoms with van der Waals surface area (Å²) in [6.07, 6.45) is 8.82. The standard InChI is InChI=1S/C27H52O11S.Na/c1-2-3-4-5-6-7-8-9-10-11-12-13-14-15-16-17-23(29)36-18-21(28)19-37-27-26(32)25(31)24(30)22(38-27)20-39(33,34)35;/h21-22,24-28,30-32H,2-20H2,1H3,(H,33,34,35);/q;+1/p-1/t21-,22-,24-,25+,26-,27-;/m1./s1. The van der Waals surface area contributed by atoms with E-state index >= 15 is 0 Å². The number of esters is 1. The van der Waals surface area contributed by atoms with Crippen molar-refractivity contribution in [3.05, 3.63) is 0 Å². The zero-order valence-corrected chi connectivity index (χ0v) is 27.3. The van der Waals surface area contributed by atoms with Crippen molar-refractivity contribution in [3.8, 4) is 0 Å². The molecular formula is C27H51NaO11S. The first-order valence-corrected chi connectivity index (χ1v) is 16.2. The number of hydrogen-bond donors (Lipinski definition) is 4. The minimum absolute atomic E-state index is 0. The Morgan fingerprint density at radius 1 is 0.800 bits per heavy atom. The van der Waals surface area contributed by atoms with Crippen LogP contribution < -0.4 is 29.6 Å². The third-order valence-corrected chi connectivity index (χ3v) is 7.65. The van der Waals surface area contributed by atoms with Crippen LogP contribution in [0.3, 0.4) is 0 Å². The van der Waals surface area contributed by atoms with Crippen molar-refractivity contribution < 1.29 is 82.0 Å². The molecule has 1 fully saturated rings. The molecule has 0 aromatic carbocycles. The second kappa shape index (κ2) is 23.6. The molecule has 0 bridgehead atoms. The van der Waals surface area contributed by atoms with Crippen molar-refractivity contribution in [2.45, 2.75) is 146 Å². The van der Waals surface area contributed by atoms with Gasteiger partial charge in [-0.2, -0.15) is 0 Å². The Morgan fingerprint density at radius 2 is 1.27 bits per heavy atom. The molecule has 1 aliphatic rings. The van der Waals surface area contributed by atoms with Crippen LogP contribution in [-0.2, 0) is 29.1 Å². The predicted octanol–water partition coefficient (Wildman–Crippen LogP) is -0.475. The molecule has 0 aromatic heterocycles. The van der Waals surface area contributed by atoms with Crippen LogP contribution in [0.15, 0.2) is 0 Å². The van der Waals surface area contributed by atoms with Gasteiger partial charge < -0.3 is 39.2 Å².